The average molecular weight is 397 g/mol. The van der Waals surface area contributed by atoms with Crippen molar-refractivity contribution in [3.05, 3.63) is 48.0 Å². The predicted octanol–water partition coefficient (Wildman–Crippen LogP) is 2.81. The Morgan fingerprint density at radius 2 is 2.00 bits per heavy atom. The standard InChI is InChI=1S/C21H23N3O5/c1-4-28-15-7-5-6-14-17-16(21(2,29-18(14)15)24-20(26)23-17)19(25)22-12-8-10-13(27-3)11-9-12/h5-11,16-17H,4H2,1-3H3,(H,22,25)(H2,23,24,26)/t16-,17+,21+/m0/s1. The number of ether oxygens (including phenoxy) is 3. The van der Waals surface area contributed by atoms with E-state index in [-0.39, 0.29) is 5.91 Å². The SMILES string of the molecule is CCOc1cccc2c1O[C@@]1(C)NC(=O)N[C@H]2[C@H]1C(=O)Nc1ccc(OC)cc1. The first kappa shape index (κ1) is 18.9. The molecule has 0 radical (unpaired) electrons. The number of fused-ring (bicyclic) bond motifs is 4. The molecule has 2 aliphatic heterocycles. The lowest BCUT2D eigenvalue weighted by molar-refractivity contribution is -0.133. The molecule has 29 heavy (non-hydrogen) atoms. The number of urea groups is 1. The molecule has 3 N–H and O–H groups in total. The van der Waals surface area contributed by atoms with Gasteiger partial charge >= 0.3 is 6.03 Å². The lowest BCUT2D eigenvalue weighted by atomic mass is 9.79. The van der Waals surface area contributed by atoms with Crippen molar-refractivity contribution < 1.29 is 23.8 Å². The van der Waals surface area contributed by atoms with E-state index in [1.165, 1.54) is 0 Å². The number of benzene rings is 2. The molecule has 0 saturated carbocycles. The van der Waals surface area contributed by atoms with Gasteiger partial charge in [0, 0.05) is 11.3 Å². The second-order valence-electron chi connectivity index (χ2n) is 7.09. The van der Waals surface area contributed by atoms with E-state index in [0.29, 0.717) is 35.1 Å². The summed E-state index contributed by atoms with van der Waals surface area (Å²) < 4.78 is 17.0. The Kier molecular flexibility index (Phi) is 4.70. The fraction of sp³-hybridized carbons (Fsp3) is 0.333. The highest BCUT2D eigenvalue weighted by Gasteiger charge is 2.56. The number of carbonyl (C=O) groups is 2. The van der Waals surface area contributed by atoms with Gasteiger partial charge in [-0.2, -0.15) is 0 Å². The van der Waals surface area contributed by atoms with Crippen molar-refractivity contribution in [3.63, 3.8) is 0 Å². The van der Waals surface area contributed by atoms with Crippen LogP contribution in [-0.4, -0.2) is 31.4 Å². The van der Waals surface area contributed by atoms with Crippen LogP contribution in [0.5, 0.6) is 17.2 Å². The van der Waals surface area contributed by atoms with Gasteiger partial charge in [0.25, 0.3) is 0 Å². The third-order valence-corrected chi connectivity index (χ3v) is 5.17. The van der Waals surface area contributed by atoms with Crippen molar-refractivity contribution >= 4 is 17.6 Å². The van der Waals surface area contributed by atoms with E-state index in [0.717, 1.165) is 0 Å². The Bertz CT molecular complexity index is 946. The lowest BCUT2D eigenvalue weighted by Crippen LogP contribution is -2.70. The first-order valence-corrected chi connectivity index (χ1v) is 9.43. The van der Waals surface area contributed by atoms with Crippen LogP contribution in [-0.2, 0) is 4.79 Å². The van der Waals surface area contributed by atoms with Crippen molar-refractivity contribution in [2.24, 2.45) is 5.92 Å². The highest BCUT2D eigenvalue weighted by molar-refractivity contribution is 5.96. The molecule has 4 rings (SSSR count). The van der Waals surface area contributed by atoms with Gasteiger partial charge in [-0.25, -0.2) is 4.79 Å². The van der Waals surface area contributed by atoms with E-state index in [9.17, 15) is 9.59 Å². The maximum atomic E-state index is 13.2. The molecule has 2 aromatic carbocycles. The summed E-state index contributed by atoms with van der Waals surface area (Å²) in [6, 6.07) is 11.6. The molecule has 3 atom stereocenters. The molecule has 0 unspecified atom stereocenters. The summed E-state index contributed by atoms with van der Waals surface area (Å²) in [6.45, 7) is 4.06. The van der Waals surface area contributed by atoms with Gasteiger partial charge < -0.3 is 24.8 Å². The number of hydrogen-bond acceptors (Lipinski definition) is 5. The minimum absolute atomic E-state index is 0.275. The molecule has 152 valence electrons. The van der Waals surface area contributed by atoms with Crippen molar-refractivity contribution in [2.75, 3.05) is 19.0 Å². The summed E-state index contributed by atoms with van der Waals surface area (Å²) in [6.07, 6.45) is 0. The molecule has 1 fully saturated rings. The number of para-hydroxylation sites is 1. The van der Waals surface area contributed by atoms with E-state index in [4.69, 9.17) is 14.2 Å². The van der Waals surface area contributed by atoms with Gasteiger partial charge in [-0.15, -0.1) is 0 Å². The number of methoxy groups -OCH3 is 1. The third kappa shape index (κ3) is 3.30. The van der Waals surface area contributed by atoms with Crippen LogP contribution in [0.15, 0.2) is 42.5 Å². The molecule has 2 aromatic rings. The van der Waals surface area contributed by atoms with Crippen LogP contribution in [0.1, 0.15) is 25.5 Å². The van der Waals surface area contributed by atoms with Crippen LogP contribution in [0.25, 0.3) is 0 Å². The second-order valence-corrected chi connectivity index (χ2v) is 7.09. The molecule has 2 bridgehead atoms. The smallest absolute Gasteiger partial charge is 0.318 e. The molecule has 0 aliphatic carbocycles. The molecule has 1 saturated heterocycles. The van der Waals surface area contributed by atoms with Crippen LogP contribution < -0.4 is 30.2 Å². The molecule has 8 heteroatoms. The second kappa shape index (κ2) is 7.20. The summed E-state index contributed by atoms with van der Waals surface area (Å²) in [7, 11) is 1.58. The number of carbonyl (C=O) groups excluding carboxylic acids is 2. The molecule has 0 aromatic heterocycles. The van der Waals surface area contributed by atoms with Crippen molar-refractivity contribution in [1.82, 2.24) is 10.6 Å². The van der Waals surface area contributed by atoms with Crippen LogP contribution in [0.3, 0.4) is 0 Å². The van der Waals surface area contributed by atoms with Gasteiger partial charge in [0.15, 0.2) is 17.2 Å². The van der Waals surface area contributed by atoms with Crippen molar-refractivity contribution in [1.29, 1.82) is 0 Å². The Hall–Kier alpha value is -3.42. The van der Waals surface area contributed by atoms with Gasteiger partial charge in [-0.3, -0.25) is 10.1 Å². The van der Waals surface area contributed by atoms with E-state index < -0.39 is 23.7 Å². The van der Waals surface area contributed by atoms with E-state index in [1.54, 1.807) is 44.4 Å². The summed E-state index contributed by atoms with van der Waals surface area (Å²) in [5.41, 5.74) is 0.0971. The number of hydrogen-bond donors (Lipinski definition) is 3. The van der Waals surface area contributed by atoms with E-state index in [2.05, 4.69) is 16.0 Å². The Balaban J connectivity index is 1.69. The monoisotopic (exact) mass is 397 g/mol. The van der Waals surface area contributed by atoms with Crippen LogP contribution in [0, 0.1) is 5.92 Å². The van der Waals surface area contributed by atoms with Gasteiger partial charge in [0.1, 0.15) is 11.7 Å². The van der Waals surface area contributed by atoms with Crippen LogP contribution >= 0.6 is 0 Å². The molecule has 2 aliphatic rings. The first-order valence-electron chi connectivity index (χ1n) is 9.43. The average Bonchev–Trinajstić information content (AvgIpc) is 2.68. The summed E-state index contributed by atoms with van der Waals surface area (Å²) >= 11 is 0. The summed E-state index contributed by atoms with van der Waals surface area (Å²) in [5.74, 6) is 0.824. The fourth-order valence-electron chi connectivity index (χ4n) is 3.89. The molecular weight excluding hydrogens is 374 g/mol. The Morgan fingerprint density at radius 1 is 1.24 bits per heavy atom. The minimum Gasteiger partial charge on any atom is -0.497 e. The first-order chi connectivity index (χ1) is 13.9. The number of anilines is 1. The maximum Gasteiger partial charge on any atom is 0.318 e. The summed E-state index contributed by atoms with van der Waals surface area (Å²) in [5, 5.41) is 8.53. The highest BCUT2D eigenvalue weighted by atomic mass is 16.5. The molecular formula is C21H23N3O5. The molecule has 0 spiro atoms. The van der Waals surface area contributed by atoms with Gasteiger partial charge in [0.2, 0.25) is 5.91 Å². The highest BCUT2D eigenvalue weighted by Crippen LogP contribution is 2.48. The Morgan fingerprint density at radius 3 is 2.69 bits per heavy atom. The zero-order valence-electron chi connectivity index (χ0n) is 16.4. The summed E-state index contributed by atoms with van der Waals surface area (Å²) in [4.78, 5) is 25.4. The zero-order chi connectivity index (χ0) is 20.6. The van der Waals surface area contributed by atoms with Gasteiger partial charge in [-0.05, 0) is 44.2 Å². The molecule has 2 heterocycles. The number of amides is 3. The topological polar surface area (TPSA) is 97.9 Å². The van der Waals surface area contributed by atoms with Gasteiger partial charge in [-0.1, -0.05) is 12.1 Å². The quantitative estimate of drug-likeness (QED) is 0.721. The van der Waals surface area contributed by atoms with E-state index >= 15 is 0 Å². The maximum absolute atomic E-state index is 13.2. The molecule has 3 amide bonds. The largest absolute Gasteiger partial charge is 0.497 e. The van der Waals surface area contributed by atoms with Crippen molar-refractivity contribution in [3.8, 4) is 17.2 Å². The number of nitrogens with one attached hydrogen (secondary N) is 3. The fourth-order valence-corrected chi connectivity index (χ4v) is 3.89. The normalized spacial score (nSPS) is 24.3. The minimum atomic E-state index is -1.23. The van der Waals surface area contributed by atoms with Crippen LogP contribution in [0.2, 0.25) is 0 Å². The number of rotatable bonds is 5. The zero-order valence-corrected chi connectivity index (χ0v) is 16.4. The van der Waals surface area contributed by atoms with Crippen LogP contribution in [0.4, 0.5) is 10.5 Å². The third-order valence-electron chi connectivity index (χ3n) is 5.17. The lowest BCUT2D eigenvalue weighted by Gasteiger charge is -2.49. The van der Waals surface area contributed by atoms with E-state index in [1.807, 2.05) is 19.1 Å². The van der Waals surface area contributed by atoms with Gasteiger partial charge in [0.05, 0.1) is 19.8 Å². The Labute approximate surface area is 168 Å². The molecule has 8 nitrogen and oxygen atoms in total. The van der Waals surface area contributed by atoms with Crippen molar-refractivity contribution in [2.45, 2.75) is 25.6 Å². The predicted molar refractivity (Wildman–Crippen MR) is 106 cm³/mol.